The summed E-state index contributed by atoms with van der Waals surface area (Å²) in [6.07, 6.45) is 4.30. The molecule has 0 nitrogen and oxygen atoms in total. The van der Waals surface area contributed by atoms with Gasteiger partial charge < -0.3 is 0 Å². The van der Waals surface area contributed by atoms with E-state index in [9.17, 15) is 0 Å². The zero-order valence-corrected chi connectivity index (χ0v) is 13.0. The van der Waals surface area contributed by atoms with Crippen molar-refractivity contribution >= 4 is 48.4 Å². The number of thiophene rings is 1. The van der Waals surface area contributed by atoms with Gasteiger partial charge in [0.15, 0.2) is 0 Å². The smallest absolute Gasteiger partial charge is 0.0361 e. The van der Waals surface area contributed by atoms with Gasteiger partial charge >= 0.3 is 0 Å². The van der Waals surface area contributed by atoms with Crippen molar-refractivity contribution in [2.75, 3.05) is 0 Å². The van der Waals surface area contributed by atoms with Gasteiger partial charge in [-0.25, -0.2) is 0 Å². The predicted molar refractivity (Wildman–Crippen MR) is 96.3 cm³/mol. The first-order valence-corrected chi connectivity index (χ1v) is 8.07. The highest BCUT2D eigenvalue weighted by Crippen LogP contribution is 2.39. The quantitative estimate of drug-likeness (QED) is 0.372. The lowest BCUT2D eigenvalue weighted by atomic mass is 10.0. The topological polar surface area (TPSA) is 0 Å². The van der Waals surface area contributed by atoms with E-state index < -0.39 is 0 Å². The summed E-state index contributed by atoms with van der Waals surface area (Å²) in [5.41, 5.74) is 2.66. The highest BCUT2D eigenvalue weighted by Gasteiger charge is 2.10. The first-order valence-electron chi connectivity index (χ1n) is 7.25. The molecule has 102 valence electrons. The molecule has 1 heterocycles. The van der Waals surface area contributed by atoms with Gasteiger partial charge in [0.25, 0.3) is 0 Å². The van der Waals surface area contributed by atoms with Crippen molar-refractivity contribution in [3.05, 3.63) is 65.7 Å². The van der Waals surface area contributed by atoms with E-state index >= 15 is 0 Å². The van der Waals surface area contributed by atoms with Crippen molar-refractivity contribution in [2.45, 2.75) is 13.8 Å². The minimum atomic E-state index is 1.32. The molecule has 0 aliphatic rings. The molecule has 21 heavy (non-hydrogen) atoms. The second-order valence-corrected chi connectivity index (χ2v) is 6.55. The Bertz CT molecular complexity index is 1000. The summed E-state index contributed by atoms with van der Waals surface area (Å²) in [6, 6.07) is 17.8. The van der Waals surface area contributed by atoms with Crippen LogP contribution in [0.1, 0.15) is 18.1 Å². The Balaban J connectivity index is 2.20. The first kappa shape index (κ1) is 12.6. The van der Waals surface area contributed by atoms with Crippen LogP contribution < -0.4 is 0 Å². The number of hydrogen-bond acceptors (Lipinski definition) is 1. The van der Waals surface area contributed by atoms with Gasteiger partial charge in [0.05, 0.1) is 0 Å². The number of hydrogen-bond donors (Lipinski definition) is 0. The third kappa shape index (κ3) is 1.89. The third-order valence-corrected chi connectivity index (χ3v) is 5.21. The van der Waals surface area contributed by atoms with Crippen LogP contribution in [0.4, 0.5) is 0 Å². The number of allylic oxidation sites excluding steroid dienone is 1. The largest absolute Gasteiger partial charge is 0.135 e. The Hall–Kier alpha value is -2.12. The molecule has 4 rings (SSSR count). The molecule has 0 fully saturated rings. The fraction of sp³-hybridized carbons (Fsp3) is 0.100. The molecule has 0 N–H and O–H groups in total. The molecule has 0 radical (unpaired) electrons. The van der Waals surface area contributed by atoms with Crippen molar-refractivity contribution in [2.24, 2.45) is 0 Å². The first-order chi connectivity index (χ1) is 10.3. The lowest BCUT2D eigenvalue weighted by molar-refractivity contribution is 1.48. The molecule has 0 spiro atoms. The van der Waals surface area contributed by atoms with Crippen molar-refractivity contribution < 1.29 is 0 Å². The van der Waals surface area contributed by atoms with Gasteiger partial charge in [-0.05, 0) is 53.9 Å². The Morgan fingerprint density at radius 2 is 1.76 bits per heavy atom. The second-order valence-electron chi connectivity index (χ2n) is 5.47. The van der Waals surface area contributed by atoms with Crippen molar-refractivity contribution in [3.8, 4) is 0 Å². The van der Waals surface area contributed by atoms with Crippen LogP contribution in [0.3, 0.4) is 0 Å². The number of aryl methyl sites for hydroxylation is 1. The van der Waals surface area contributed by atoms with Crippen LogP contribution in [0.25, 0.3) is 37.0 Å². The van der Waals surface area contributed by atoms with Crippen LogP contribution in [0.5, 0.6) is 0 Å². The molecule has 0 unspecified atom stereocenters. The Morgan fingerprint density at radius 3 is 2.62 bits per heavy atom. The summed E-state index contributed by atoms with van der Waals surface area (Å²) in [4.78, 5) is 0. The second kappa shape index (κ2) is 4.71. The van der Waals surface area contributed by atoms with Crippen LogP contribution in [0, 0.1) is 6.92 Å². The summed E-state index contributed by atoms with van der Waals surface area (Å²) >= 11 is 1.89. The average molecular weight is 288 g/mol. The highest BCUT2D eigenvalue weighted by molar-refractivity contribution is 7.26. The fourth-order valence-electron chi connectivity index (χ4n) is 3.08. The van der Waals surface area contributed by atoms with Gasteiger partial charge in [-0.15, -0.1) is 11.3 Å². The van der Waals surface area contributed by atoms with Crippen molar-refractivity contribution in [1.82, 2.24) is 0 Å². The molecule has 1 heteroatoms. The molecule has 0 aliphatic heterocycles. The normalized spacial score (nSPS) is 12.1. The van der Waals surface area contributed by atoms with Gasteiger partial charge in [0.2, 0.25) is 0 Å². The minimum Gasteiger partial charge on any atom is -0.135 e. The minimum absolute atomic E-state index is 1.32. The van der Waals surface area contributed by atoms with Crippen LogP contribution >= 0.6 is 11.3 Å². The van der Waals surface area contributed by atoms with Crippen LogP contribution in [-0.2, 0) is 0 Å². The molecule has 0 saturated heterocycles. The Morgan fingerprint density at radius 1 is 0.905 bits per heavy atom. The molecule has 0 bridgehead atoms. The summed E-state index contributed by atoms with van der Waals surface area (Å²) < 4.78 is 2.75. The fourth-order valence-corrected chi connectivity index (χ4v) is 4.23. The third-order valence-electron chi connectivity index (χ3n) is 4.09. The molecular formula is C20H16S. The summed E-state index contributed by atoms with van der Waals surface area (Å²) in [5.74, 6) is 0. The predicted octanol–water partition coefficient (Wildman–Crippen LogP) is 6.55. The Kier molecular flexibility index (Phi) is 2.83. The molecule has 1 aromatic heterocycles. The highest BCUT2D eigenvalue weighted by atomic mass is 32.1. The molecular weight excluding hydrogens is 272 g/mol. The van der Waals surface area contributed by atoms with Crippen molar-refractivity contribution in [3.63, 3.8) is 0 Å². The van der Waals surface area contributed by atoms with Crippen LogP contribution in [0.15, 0.2) is 54.6 Å². The molecule has 0 atom stereocenters. The van der Waals surface area contributed by atoms with Gasteiger partial charge in [0.1, 0.15) is 0 Å². The summed E-state index contributed by atoms with van der Waals surface area (Å²) in [7, 11) is 0. The summed E-state index contributed by atoms with van der Waals surface area (Å²) in [6.45, 7) is 4.27. The maximum atomic E-state index is 2.34. The maximum Gasteiger partial charge on any atom is 0.0361 e. The van der Waals surface area contributed by atoms with E-state index in [2.05, 4.69) is 74.5 Å². The molecule has 0 aliphatic carbocycles. The zero-order valence-electron chi connectivity index (χ0n) is 12.2. The van der Waals surface area contributed by atoms with E-state index in [1.54, 1.807) is 0 Å². The zero-order chi connectivity index (χ0) is 14.4. The average Bonchev–Trinajstić information content (AvgIpc) is 2.86. The number of rotatable bonds is 1. The number of fused-ring (bicyclic) bond motifs is 5. The number of benzene rings is 3. The molecule has 3 aromatic carbocycles. The lowest BCUT2D eigenvalue weighted by Crippen LogP contribution is -1.80. The van der Waals surface area contributed by atoms with E-state index in [0.29, 0.717) is 0 Å². The lowest BCUT2D eigenvalue weighted by Gasteiger charge is -2.03. The standard InChI is InChI=1S/C20H16S/c1-3-6-15-12-19-17(11-13(15)2)20-16-8-5-4-7-14(16)9-10-18(20)21-19/h3-12H,1-2H3. The van der Waals surface area contributed by atoms with E-state index in [0.717, 1.165) is 0 Å². The molecule has 0 amide bonds. The van der Waals surface area contributed by atoms with Gasteiger partial charge in [0, 0.05) is 20.2 Å². The van der Waals surface area contributed by atoms with Crippen molar-refractivity contribution in [1.29, 1.82) is 0 Å². The molecule has 0 saturated carbocycles. The SMILES string of the molecule is CC=Cc1cc2sc3ccc4ccccc4c3c2cc1C. The monoisotopic (exact) mass is 288 g/mol. The molecule has 4 aromatic rings. The van der Waals surface area contributed by atoms with Crippen LogP contribution in [-0.4, -0.2) is 0 Å². The van der Waals surface area contributed by atoms with E-state index in [4.69, 9.17) is 0 Å². The van der Waals surface area contributed by atoms with E-state index in [1.807, 2.05) is 11.3 Å². The maximum absolute atomic E-state index is 2.34. The Labute approximate surface area is 128 Å². The van der Waals surface area contributed by atoms with E-state index in [-0.39, 0.29) is 0 Å². The van der Waals surface area contributed by atoms with Gasteiger partial charge in [-0.2, -0.15) is 0 Å². The van der Waals surface area contributed by atoms with Gasteiger partial charge in [-0.3, -0.25) is 0 Å². The van der Waals surface area contributed by atoms with Gasteiger partial charge in [-0.1, -0.05) is 42.5 Å². The summed E-state index contributed by atoms with van der Waals surface area (Å²) in [5, 5.41) is 5.47. The van der Waals surface area contributed by atoms with Crippen LogP contribution in [0.2, 0.25) is 0 Å². The van der Waals surface area contributed by atoms with E-state index in [1.165, 1.54) is 42.1 Å².